The number of amides is 1. The summed E-state index contributed by atoms with van der Waals surface area (Å²) in [6, 6.07) is 9.38. The van der Waals surface area contributed by atoms with E-state index in [1.54, 1.807) is 22.7 Å². The van der Waals surface area contributed by atoms with Gasteiger partial charge < -0.3 is 10.0 Å². The van der Waals surface area contributed by atoms with Crippen LogP contribution in [0.25, 0.3) is 6.08 Å². The molecule has 1 atom stereocenters. The van der Waals surface area contributed by atoms with Crippen LogP contribution in [-0.2, 0) is 9.59 Å². The van der Waals surface area contributed by atoms with Crippen molar-refractivity contribution in [2.45, 2.75) is 12.5 Å². The van der Waals surface area contributed by atoms with Gasteiger partial charge in [-0.2, -0.15) is 11.8 Å². The molecule has 1 fully saturated rings. The SMILES string of the molecule is O=C(O)CC1CSCCN1C(=O)C=Cc1ccccc1. The number of rotatable bonds is 4. The number of hydrogen-bond donors (Lipinski definition) is 1. The van der Waals surface area contributed by atoms with E-state index in [4.69, 9.17) is 5.11 Å². The van der Waals surface area contributed by atoms with Crippen LogP contribution in [0.2, 0.25) is 0 Å². The maximum Gasteiger partial charge on any atom is 0.305 e. The number of carboxylic acids is 1. The standard InChI is InChI=1S/C15H17NO3S/c17-14(7-6-12-4-2-1-3-5-12)16-8-9-20-11-13(16)10-15(18)19/h1-7,13H,8-11H2,(H,18,19). The van der Waals surface area contributed by atoms with Crippen molar-refractivity contribution in [3.8, 4) is 0 Å². The Bertz CT molecular complexity index is 501. The van der Waals surface area contributed by atoms with E-state index in [2.05, 4.69) is 0 Å². The maximum absolute atomic E-state index is 12.2. The second kappa shape index (κ2) is 7.14. The minimum Gasteiger partial charge on any atom is -0.481 e. The first-order chi connectivity index (χ1) is 9.66. The van der Waals surface area contributed by atoms with Crippen LogP contribution in [0.1, 0.15) is 12.0 Å². The molecule has 0 bridgehead atoms. The van der Waals surface area contributed by atoms with Crippen molar-refractivity contribution in [1.29, 1.82) is 0 Å². The lowest BCUT2D eigenvalue weighted by Gasteiger charge is -2.33. The Balaban J connectivity index is 2.02. The number of nitrogens with zero attached hydrogens (tertiary/aromatic N) is 1. The number of carbonyl (C=O) groups is 2. The Morgan fingerprint density at radius 3 is 2.80 bits per heavy atom. The Kier molecular flexibility index (Phi) is 5.24. The molecule has 0 aliphatic carbocycles. The molecule has 2 rings (SSSR count). The summed E-state index contributed by atoms with van der Waals surface area (Å²) in [5, 5.41) is 8.91. The van der Waals surface area contributed by atoms with Gasteiger partial charge >= 0.3 is 5.97 Å². The molecule has 1 aromatic carbocycles. The van der Waals surface area contributed by atoms with Gasteiger partial charge in [-0.25, -0.2) is 0 Å². The summed E-state index contributed by atoms with van der Waals surface area (Å²) < 4.78 is 0. The lowest BCUT2D eigenvalue weighted by molar-refractivity contribution is -0.139. The minimum atomic E-state index is -0.859. The Morgan fingerprint density at radius 1 is 1.35 bits per heavy atom. The van der Waals surface area contributed by atoms with Gasteiger partial charge in [0.15, 0.2) is 0 Å². The summed E-state index contributed by atoms with van der Waals surface area (Å²) in [4.78, 5) is 24.7. The van der Waals surface area contributed by atoms with Crippen LogP contribution in [0, 0.1) is 0 Å². The van der Waals surface area contributed by atoms with Gasteiger partial charge in [0.05, 0.1) is 12.5 Å². The maximum atomic E-state index is 12.2. The molecule has 20 heavy (non-hydrogen) atoms. The van der Waals surface area contributed by atoms with Crippen molar-refractivity contribution in [2.75, 3.05) is 18.1 Å². The summed E-state index contributed by atoms with van der Waals surface area (Å²) in [5.74, 6) is 0.584. The molecule has 106 valence electrons. The molecule has 1 aliphatic heterocycles. The lowest BCUT2D eigenvalue weighted by Crippen LogP contribution is -2.46. The van der Waals surface area contributed by atoms with E-state index < -0.39 is 5.97 Å². The Hall–Kier alpha value is -1.75. The quantitative estimate of drug-likeness (QED) is 0.863. The monoisotopic (exact) mass is 291 g/mol. The number of hydrogen-bond acceptors (Lipinski definition) is 3. The molecule has 1 aliphatic rings. The van der Waals surface area contributed by atoms with E-state index >= 15 is 0 Å². The highest BCUT2D eigenvalue weighted by molar-refractivity contribution is 7.99. The van der Waals surface area contributed by atoms with Gasteiger partial charge in [0.1, 0.15) is 0 Å². The molecule has 1 unspecified atom stereocenters. The number of carboxylic acid groups (broad SMARTS) is 1. The number of thioether (sulfide) groups is 1. The molecule has 0 saturated carbocycles. The minimum absolute atomic E-state index is 0.0118. The predicted octanol–water partition coefficient (Wildman–Crippen LogP) is 2.12. The van der Waals surface area contributed by atoms with Gasteiger partial charge in [-0.3, -0.25) is 9.59 Å². The van der Waals surface area contributed by atoms with Gasteiger partial charge in [0.25, 0.3) is 0 Å². The van der Waals surface area contributed by atoms with E-state index in [-0.39, 0.29) is 18.4 Å². The second-order valence-electron chi connectivity index (χ2n) is 4.60. The zero-order valence-corrected chi connectivity index (χ0v) is 11.9. The summed E-state index contributed by atoms with van der Waals surface area (Å²) in [5.41, 5.74) is 0.960. The largest absolute Gasteiger partial charge is 0.481 e. The van der Waals surface area contributed by atoms with Crippen molar-refractivity contribution in [2.24, 2.45) is 0 Å². The third-order valence-corrected chi connectivity index (χ3v) is 4.23. The van der Waals surface area contributed by atoms with E-state index in [0.29, 0.717) is 12.3 Å². The topological polar surface area (TPSA) is 57.6 Å². The first kappa shape index (κ1) is 14.7. The van der Waals surface area contributed by atoms with Crippen LogP contribution < -0.4 is 0 Å². The summed E-state index contributed by atoms with van der Waals surface area (Å²) >= 11 is 1.70. The fourth-order valence-corrected chi connectivity index (χ4v) is 3.21. The highest BCUT2D eigenvalue weighted by Gasteiger charge is 2.27. The van der Waals surface area contributed by atoms with Crippen molar-refractivity contribution in [3.63, 3.8) is 0 Å². The van der Waals surface area contributed by atoms with Crippen molar-refractivity contribution >= 4 is 29.7 Å². The van der Waals surface area contributed by atoms with Crippen LogP contribution in [0.15, 0.2) is 36.4 Å². The number of benzene rings is 1. The second-order valence-corrected chi connectivity index (χ2v) is 5.75. The van der Waals surface area contributed by atoms with Gasteiger partial charge in [-0.15, -0.1) is 0 Å². The zero-order valence-electron chi connectivity index (χ0n) is 11.1. The first-order valence-corrected chi connectivity index (χ1v) is 7.65. The summed E-state index contributed by atoms with van der Waals surface area (Å²) in [6.07, 6.45) is 3.31. The average molecular weight is 291 g/mol. The van der Waals surface area contributed by atoms with Crippen molar-refractivity contribution < 1.29 is 14.7 Å². The molecule has 0 radical (unpaired) electrons. The van der Waals surface area contributed by atoms with Crippen LogP contribution in [0.4, 0.5) is 0 Å². The Morgan fingerprint density at radius 2 is 2.10 bits per heavy atom. The molecule has 1 N–H and O–H groups in total. The summed E-state index contributed by atoms with van der Waals surface area (Å²) in [6.45, 7) is 0.612. The highest BCUT2D eigenvalue weighted by atomic mass is 32.2. The van der Waals surface area contributed by atoms with Gasteiger partial charge in [-0.05, 0) is 11.6 Å². The predicted molar refractivity (Wildman–Crippen MR) is 80.6 cm³/mol. The fraction of sp³-hybridized carbons (Fsp3) is 0.333. The van der Waals surface area contributed by atoms with E-state index in [9.17, 15) is 9.59 Å². The molecule has 1 saturated heterocycles. The van der Waals surface area contributed by atoms with E-state index in [1.165, 1.54) is 6.08 Å². The fourth-order valence-electron chi connectivity index (χ4n) is 2.14. The molecule has 5 heteroatoms. The molecule has 1 amide bonds. The lowest BCUT2D eigenvalue weighted by atomic mass is 10.1. The molecular weight excluding hydrogens is 274 g/mol. The third-order valence-electron chi connectivity index (χ3n) is 3.14. The van der Waals surface area contributed by atoms with Crippen LogP contribution in [-0.4, -0.2) is 46.0 Å². The van der Waals surface area contributed by atoms with Gasteiger partial charge in [0, 0.05) is 24.1 Å². The number of carbonyl (C=O) groups excluding carboxylic acids is 1. The van der Waals surface area contributed by atoms with Crippen LogP contribution >= 0.6 is 11.8 Å². The van der Waals surface area contributed by atoms with E-state index in [1.807, 2.05) is 30.3 Å². The molecule has 0 aromatic heterocycles. The van der Waals surface area contributed by atoms with Crippen LogP contribution in [0.3, 0.4) is 0 Å². The molecule has 4 nitrogen and oxygen atoms in total. The van der Waals surface area contributed by atoms with Crippen LogP contribution in [0.5, 0.6) is 0 Å². The number of aliphatic carboxylic acids is 1. The molecular formula is C15H17NO3S. The molecule has 1 heterocycles. The highest BCUT2D eigenvalue weighted by Crippen LogP contribution is 2.19. The normalized spacial score (nSPS) is 19.2. The van der Waals surface area contributed by atoms with Crippen molar-refractivity contribution in [1.82, 2.24) is 4.90 Å². The van der Waals surface area contributed by atoms with Gasteiger partial charge in [0.2, 0.25) is 5.91 Å². The van der Waals surface area contributed by atoms with E-state index in [0.717, 1.165) is 11.3 Å². The molecule has 0 spiro atoms. The zero-order chi connectivity index (χ0) is 14.4. The third kappa shape index (κ3) is 4.13. The van der Waals surface area contributed by atoms with Crippen molar-refractivity contribution in [3.05, 3.63) is 42.0 Å². The smallest absolute Gasteiger partial charge is 0.305 e. The first-order valence-electron chi connectivity index (χ1n) is 6.50. The summed E-state index contributed by atoms with van der Waals surface area (Å²) in [7, 11) is 0. The Labute approximate surface area is 122 Å². The molecule has 1 aromatic rings. The van der Waals surface area contributed by atoms with Gasteiger partial charge in [-0.1, -0.05) is 30.3 Å². The average Bonchev–Trinajstić information content (AvgIpc) is 2.46.